The lowest BCUT2D eigenvalue weighted by Gasteiger charge is -2.22. The van der Waals surface area contributed by atoms with E-state index >= 15 is 0 Å². The molecule has 23 heavy (non-hydrogen) atoms. The molecule has 7 heteroatoms. The van der Waals surface area contributed by atoms with Crippen LogP contribution in [0.25, 0.3) is 0 Å². The van der Waals surface area contributed by atoms with Crippen LogP contribution in [0.2, 0.25) is 0 Å². The molecule has 2 N–H and O–H groups in total. The van der Waals surface area contributed by atoms with E-state index in [-0.39, 0.29) is 6.04 Å². The van der Waals surface area contributed by atoms with E-state index in [1.165, 1.54) is 0 Å². The van der Waals surface area contributed by atoms with Crippen molar-refractivity contribution in [2.24, 2.45) is 0 Å². The van der Waals surface area contributed by atoms with Crippen molar-refractivity contribution < 1.29 is 19.1 Å². The van der Waals surface area contributed by atoms with Crippen molar-refractivity contribution in [3.8, 4) is 0 Å². The van der Waals surface area contributed by atoms with Gasteiger partial charge in [-0.25, -0.2) is 9.59 Å². The quantitative estimate of drug-likeness (QED) is 0.687. The van der Waals surface area contributed by atoms with Crippen LogP contribution in [0.15, 0.2) is 0 Å². The monoisotopic (exact) mass is 347 g/mol. The minimum absolute atomic E-state index is 0.0959. The third-order valence-corrected chi connectivity index (χ3v) is 2.97. The number of rotatable bonds is 7. The van der Waals surface area contributed by atoms with Crippen molar-refractivity contribution in [3.05, 3.63) is 0 Å². The van der Waals surface area contributed by atoms with Crippen LogP contribution >= 0.6 is 12.6 Å². The first-order chi connectivity index (χ1) is 10.4. The molecule has 0 aliphatic carbocycles. The van der Waals surface area contributed by atoms with E-state index in [1.807, 2.05) is 41.5 Å². The van der Waals surface area contributed by atoms with Crippen molar-refractivity contribution >= 4 is 24.8 Å². The SMILES string of the molecule is CC(C)(C)OC(=O)NCCCC[C@@H](C[S])NC(=O)OC(C)(C)C. The van der Waals surface area contributed by atoms with Gasteiger partial charge >= 0.3 is 12.2 Å². The van der Waals surface area contributed by atoms with E-state index in [1.54, 1.807) is 0 Å². The maximum Gasteiger partial charge on any atom is 0.407 e. The molecule has 0 aromatic carbocycles. The number of carbonyl (C=O) groups is 2. The second-order valence-electron chi connectivity index (χ2n) is 7.43. The van der Waals surface area contributed by atoms with E-state index in [2.05, 4.69) is 10.6 Å². The Labute approximate surface area is 145 Å². The molecule has 0 aromatic heterocycles. The fourth-order valence-corrected chi connectivity index (χ4v) is 1.94. The van der Waals surface area contributed by atoms with E-state index in [0.29, 0.717) is 12.3 Å². The molecule has 0 saturated carbocycles. The summed E-state index contributed by atoms with van der Waals surface area (Å²) < 4.78 is 10.4. The van der Waals surface area contributed by atoms with Crippen LogP contribution in [0.4, 0.5) is 9.59 Å². The number of amides is 2. The predicted molar refractivity (Wildman–Crippen MR) is 93.7 cm³/mol. The van der Waals surface area contributed by atoms with Crippen molar-refractivity contribution in [1.29, 1.82) is 0 Å². The maximum absolute atomic E-state index is 11.7. The zero-order chi connectivity index (χ0) is 18.1. The van der Waals surface area contributed by atoms with Crippen molar-refractivity contribution in [3.63, 3.8) is 0 Å². The van der Waals surface area contributed by atoms with Crippen molar-refractivity contribution in [1.82, 2.24) is 10.6 Å². The van der Waals surface area contributed by atoms with Gasteiger partial charge in [0.05, 0.1) is 0 Å². The minimum atomic E-state index is -0.520. The van der Waals surface area contributed by atoms with Gasteiger partial charge in [0.15, 0.2) is 0 Å². The van der Waals surface area contributed by atoms with Crippen LogP contribution in [0.5, 0.6) is 0 Å². The fourth-order valence-electron chi connectivity index (χ4n) is 1.69. The number of hydrogen-bond acceptors (Lipinski definition) is 4. The number of ether oxygens (including phenoxy) is 2. The first-order valence-corrected chi connectivity index (χ1v) is 8.55. The normalized spacial score (nSPS) is 13.2. The molecule has 0 spiro atoms. The largest absolute Gasteiger partial charge is 0.444 e. The molecule has 6 nitrogen and oxygen atoms in total. The van der Waals surface area contributed by atoms with Gasteiger partial charge in [-0.3, -0.25) is 0 Å². The van der Waals surface area contributed by atoms with Crippen LogP contribution in [0.1, 0.15) is 60.8 Å². The van der Waals surface area contributed by atoms with Gasteiger partial charge in [-0.05, 0) is 60.8 Å². The molecule has 1 radical (unpaired) electrons. The smallest absolute Gasteiger partial charge is 0.407 e. The third kappa shape index (κ3) is 14.2. The number of unbranched alkanes of at least 4 members (excludes halogenated alkanes) is 1. The highest BCUT2D eigenvalue weighted by atomic mass is 32.1. The number of carbonyl (C=O) groups excluding carboxylic acids is 2. The molecule has 0 unspecified atom stereocenters. The Hall–Kier alpha value is -1.11. The number of hydrogen-bond donors (Lipinski definition) is 2. The maximum atomic E-state index is 11.7. The summed E-state index contributed by atoms with van der Waals surface area (Å²) in [7, 11) is 0. The molecule has 2 amide bonds. The Bertz CT molecular complexity index is 375. The Morgan fingerprint density at radius 3 is 1.96 bits per heavy atom. The van der Waals surface area contributed by atoms with E-state index in [4.69, 9.17) is 22.1 Å². The van der Waals surface area contributed by atoms with Gasteiger partial charge in [-0.1, -0.05) is 12.6 Å². The highest BCUT2D eigenvalue weighted by Crippen LogP contribution is 2.09. The molecule has 0 rings (SSSR count). The Kier molecular flexibility index (Phi) is 9.42. The second-order valence-corrected chi connectivity index (χ2v) is 7.77. The first kappa shape index (κ1) is 21.9. The number of nitrogens with one attached hydrogen (secondary N) is 2. The van der Waals surface area contributed by atoms with E-state index in [9.17, 15) is 9.59 Å². The topological polar surface area (TPSA) is 76.7 Å². The van der Waals surface area contributed by atoms with Gasteiger partial charge in [-0.2, -0.15) is 0 Å². The van der Waals surface area contributed by atoms with Crippen LogP contribution in [0.3, 0.4) is 0 Å². The summed E-state index contributed by atoms with van der Waals surface area (Å²) in [4.78, 5) is 23.2. The average molecular weight is 348 g/mol. The van der Waals surface area contributed by atoms with Crippen molar-refractivity contribution in [2.75, 3.05) is 12.3 Å². The second kappa shape index (κ2) is 9.90. The molecule has 0 fully saturated rings. The summed E-state index contributed by atoms with van der Waals surface area (Å²) in [5.74, 6) is 0.429. The van der Waals surface area contributed by atoms with E-state index < -0.39 is 23.4 Å². The molecule has 0 aliphatic rings. The molecule has 135 valence electrons. The third-order valence-electron chi connectivity index (χ3n) is 2.57. The van der Waals surface area contributed by atoms with Gasteiger partial charge in [-0.15, -0.1) is 0 Å². The van der Waals surface area contributed by atoms with Gasteiger partial charge in [0.25, 0.3) is 0 Å². The molecule has 0 saturated heterocycles. The highest BCUT2D eigenvalue weighted by molar-refractivity contribution is 7.80. The Balaban J connectivity index is 3.88. The summed E-state index contributed by atoms with van der Waals surface area (Å²) in [5, 5.41) is 5.48. The van der Waals surface area contributed by atoms with Crippen LogP contribution < -0.4 is 10.6 Å². The highest BCUT2D eigenvalue weighted by Gasteiger charge is 2.19. The van der Waals surface area contributed by atoms with Crippen LogP contribution in [-0.2, 0) is 9.47 Å². The van der Waals surface area contributed by atoms with Gasteiger partial charge in [0.1, 0.15) is 11.2 Å². The average Bonchev–Trinajstić information content (AvgIpc) is 2.32. The van der Waals surface area contributed by atoms with Crippen molar-refractivity contribution in [2.45, 2.75) is 78.0 Å². The standard InChI is InChI=1S/C16H31N2O4S/c1-15(2,3)21-13(19)17-10-8-7-9-12(11-23)18-14(20)22-16(4,5)6/h12H,7-11H2,1-6H3,(H,17,19)(H,18,20)/t12-/m0/s1. The minimum Gasteiger partial charge on any atom is -0.444 e. The summed E-state index contributed by atoms with van der Waals surface area (Å²) in [5.41, 5.74) is -1.01. The van der Waals surface area contributed by atoms with Gasteiger partial charge in [0.2, 0.25) is 0 Å². The van der Waals surface area contributed by atoms with Gasteiger partial charge in [0, 0.05) is 18.3 Å². The molecule has 0 aliphatic heterocycles. The first-order valence-electron chi connectivity index (χ1n) is 7.97. The lowest BCUT2D eigenvalue weighted by Crippen LogP contribution is -2.40. The molecule has 0 aromatic rings. The molecular formula is C16H31N2O4S. The number of alkyl carbamates (subject to hydrolysis) is 2. The van der Waals surface area contributed by atoms with E-state index in [0.717, 1.165) is 19.3 Å². The van der Waals surface area contributed by atoms with Crippen LogP contribution in [0, 0.1) is 0 Å². The Morgan fingerprint density at radius 2 is 1.48 bits per heavy atom. The summed E-state index contributed by atoms with van der Waals surface area (Å²) in [6.07, 6.45) is 1.52. The summed E-state index contributed by atoms with van der Waals surface area (Å²) in [6, 6.07) is -0.0959. The summed E-state index contributed by atoms with van der Waals surface area (Å²) in [6.45, 7) is 11.5. The molecular weight excluding hydrogens is 316 g/mol. The Morgan fingerprint density at radius 1 is 0.957 bits per heavy atom. The fraction of sp³-hybridized carbons (Fsp3) is 0.875. The zero-order valence-electron chi connectivity index (χ0n) is 15.2. The lowest BCUT2D eigenvalue weighted by atomic mass is 10.1. The predicted octanol–water partition coefficient (Wildman–Crippen LogP) is 3.77. The molecule has 0 heterocycles. The molecule has 1 atom stereocenters. The van der Waals surface area contributed by atoms with Gasteiger partial charge < -0.3 is 20.1 Å². The molecule has 0 bridgehead atoms. The lowest BCUT2D eigenvalue weighted by molar-refractivity contribution is 0.0505. The zero-order valence-corrected chi connectivity index (χ0v) is 16.0. The summed E-state index contributed by atoms with van der Waals surface area (Å²) >= 11 is 5.05. The van der Waals surface area contributed by atoms with Crippen LogP contribution in [-0.4, -0.2) is 41.7 Å².